The van der Waals surface area contributed by atoms with Gasteiger partial charge in [0, 0.05) is 17.0 Å². The summed E-state index contributed by atoms with van der Waals surface area (Å²) in [5.41, 5.74) is -0.303. The summed E-state index contributed by atoms with van der Waals surface area (Å²) >= 11 is 1.20. The highest BCUT2D eigenvalue weighted by molar-refractivity contribution is 7.15. The van der Waals surface area contributed by atoms with Crippen LogP contribution in [0, 0.1) is 5.82 Å². The molecule has 2 rings (SSSR count). The third-order valence-electron chi connectivity index (χ3n) is 2.97. The monoisotopic (exact) mass is 318 g/mol. The van der Waals surface area contributed by atoms with Gasteiger partial charge in [0.2, 0.25) is 0 Å². The highest BCUT2D eigenvalue weighted by Gasteiger charge is 2.35. The Labute approximate surface area is 123 Å². The molecule has 0 radical (unpaired) electrons. The largest absolute Gasteiger partial charge is 0.417 e. The van der Waals surface area contributed by atoms with Gasteiger partial charge in [0.15, 0.2) is 0 Å². The van der Waals surface area contributed by atoms with Crippen molar-refractivity contribution in [2.75, 3.05) is 7.05 Å². The second-order valence-electron chi connectivity index (χ2n) is 4.46. The van der Waals surface area contributed by atoms with Crippen molar-refractivity contribution in [3.05, 3.63) is 40.2 Å². The van der Waals surface area contributed by atoms with E-state index in [0.29, 0.717) is 19.0 Å². The smallest absolute Gasteiger partial charge is 0.315 e. The lowest BCUT2D eigenvalue weighted by Crippen LogP contribution is -2.07. The normalized spacial score (nSPS) is 11.9. The molecule has 0 amide bonds. The van der Waals surface area contributed by atoms with Crippen LogP contribution in [-0.2, 0) is 19.1 Å². The Kier molecular flexibility index (Phi) is 4.63. The lowest BCUT2D eigenvalue weighted by atomic mass is 10.1. The Morgan fingerprint density at radius 1 is 1.29 bits per heavy atom. The first-order chi connectivity index (χ1) is 9.86. The number of rotatable bonds is 4. The van der Waals surface area contributed by atoms with Crippen molar-refractivity contribution >= 4 is 11.3 Å². The van der Waals surface area contributed by atoms with E-state index in [1.807, 2.05) is 6.92 Å². The molecule has 0 aliphatic carbocycles. The number of alkyl halides is 3. The molecule has 0 fully saturated rings. The molecule has 0 aliphatic rings. The number of hydrogen-bond donors (Lipinski definition) is 1. The van der Waals surface area contributed by atoms with Gasteiger partial charge in [-0.15, -0.1) is 11.3 Å². The van der Waals surface area contributed by atoms with Gasteiger partial charge in [-0.05, 0) is 31.7 Å². The van der Waals surface area contributed by atoms with E-state index in [9.17, 15) is 17.6 Å². The average molecular weight is 318 g/mol. The van der Waals surface area contributed by atoms with E-state index in [1.54, 1.807) is 7.05 Å². The molecule has 7 heteroatoms. The summed E-state index contributed by atoms with van der Waals surface area (Å²) in [7, 11) is 1.76. The van der Waals surface area contributed by atoms with Crippen LogP contribution in [0.25, 0.3) is 10.6 Å². The molecule has 0 aliphatic heterocycles. The minimum Gasteiger partial charge on any atom is -0.315 e. The Morgan fingerprint density at radius 3 is 2.57 bits per heavy atom. The molecule has 0 bridgehead atoms. The minimum atomic E-state index is -4.61. The first-order valence-corrected chi connectivity index (χ1v) is 7.18. The van der Waals surface area contributed by atoms with Crippen molar-refractivity contribution in [3.63, 3.8) is 0 Å². The molecule has 0 atom stereocenters. The average Bonchev–Trinajstić information content (AvgIpc) is 2.81. The van der Waals surface area contributed by atoms with E-state index in [1.165, 1.54) is 11.3 Å². The van der Waals surface area contributed by atoms with Crippen LogP contribution in [0.5, 0.6) is 0 Å². The highest BCUT2D eigenvalue weighted by atomic mass is 32.1. The van der Waals surface area contributed by atoms with Crippen LogP contribution in [0.2, 0.25) is 0 Å². The number of thiazole rings is 1. The summed E-state index contributed by atoms with van der Waals surface area (Å²) in [6, 6.07) is 2.68. The molecule has 0 unspecified atom stereocenters. The lowest BCUT2D eigenvalue weighted by molar-refractivity contribution is -0.137. The summed E-state index contributed by atoms with van der Waals surface area (Å²) in [5.74, 6) is -0.909. The fraction of sp³-hybridized carbons (Fsp3) is 0.357. The number of nitrogens with one attached hydrogen (secondary N) is 1. The van der Waals surface area contributed by atoms with Gasteiger partial charge in [0.05, 0.1) is 11.3 Å². The Balaban J connectivity index is 2.56. The predicted molar refractivity (Wildman–Crippen MR) is 74.7 cm³/mol. The summed E-state index contributed by atoms with van der Waals surface area (Å²) < 4.78 is 52.3. The Hall–Kier alpha value is -1.47. The fourth-order valence-electron chi connectivity index (χ4n) is 2.01. The van der Waals surface area contributed by atoms with E-state index in [0.717, 1.165) is 22.7 Å². The standard InChI is InChI=1S/C14H14F4N2S/c1-3-11-12(7-19-2)21-13(20-11)9-5-4-8(15)6-10(9)14(16,17)18/h4-6,19H,3,7H2,1-2H3. The second kappa shape index (κ2) is 6.11. The quantitative estimate of drug-likeness (QED) is 0.853. The van der Waals surface area contributed by atoms with Gasteiger partial charge in [-0.2, -0.15) is 13.2 Å². The molecule has 21 heavy (non-hydrogen) atoms. The van der Waals surface area contributed by atoms with Gasteiger partial charge in [-0.3, -0.25) is 0 Å². The maximum Gasteiger partial charge on any atom is 0.417 e. The van der Waals surface area contributed by atoms with Crippen molar-refractivity contribution in [2.45, 2.75) is 26.1 Å². The molecule has 1 heterocycles. The van der Waals surface area contributed by atoms with E-state index in [2.05, 4.69) is 10.3 Å². The van der Waals surface area contributed by atoms with Crippen LogP contribution in [0.15, 0.2) is 18.2 Å². The fourth-order valence-corrected chi connectivity index (χ4v) is 3.21. The number of aromatic nitrogens is 1. The molecule has 1 N–H and O–H groups in total. The topological polar surface area (TPSA) is 24.9 Å². The molecule has 1 aromatic carbocycles. The van der Waals surface area contributed by atoms with Gasteiger partial charge >= 0.3 is 6.18 Å². The first-order valence-electron chi connectivity index (χ1n) is 6.37. The minimum absolute atomic E-state index is 0.0778. The van der Waals surface area contributed by atoms with Crippen LogP contribution >= 0.6 is 11.3 Å². The molecule has 1 aromatic heterocycles. The van der Waals surface area contributed by atoms with Crippen molar-refractivity contribution in [3.8, 4) is 10.6 Å². The SMILES string of the molecule is CCc1nc(-c2ccc(F)cc2C(F)(F)F)sc1CNC. The zero-order valence-corrected chi connectivity index (χ0v) is 12.3. The molecule has 2 aromatic rings. The van der Waals surface area contributed by atoms with Crippen molar-refractivity contribution < 1.29 is 17.6 Å². The Bertz CT molecular complexity index is 634. The lowest BCUT2D eigenvalue weighted by Gasteiger charge is -2.11. The second-order valence-corrected chi connectivity index (χ2v) is 5.54. The van der Waals surface area contributed by atoms with Crippen LogP contribution < -0.4 is 5.32 Å². The van der Waals surface area contributed by atoms with Crippen LogP contribution in [0.4, 0.5) is 17.6 Å². The highest BCUT2D eigenvalue weighted by Crippen LogP contribution is 2.39. The summed E-state index contributed by atoms with van der Waals surface area (Å²) in [6.07, 6.45) is -3.98. The van der Waals surface area contributed by atoms with Crippen LogP contribution in [0.1, 0.15) is 23.1 Å². The molecule has 0 saturated heterocycles. The predicted octanol–water partition coefficient (Wildman–Crippen LogP) is 4.25. The summed E-state index contributed by atoms with van der Waals surface area (Å²) in [5, 5.41) is 3.23. The van der Waals surface area contributed by atoms with Gasteiger partial charge in [-0.1, -0.05) is 6.92 Å². The molecule has 0 saturated carbocycles. The molecule has 2 nitrogen and oxygen atoms in total. The summed E-state index contributed by atoms with van der Waals surface area (Å²) in [4.78, 5) is 5.17. The van der Waals surface area contributed by atoms with E-state index in [4.69, 9.17) is 0 Å². The zero-order valence-electron chi connectivity index (χ0n) is 11.5. The van der Waals surface area contributed by atoms with Gasteiger partial charge in [-0.25, -0.2) is 9.37 Å². The summed E-state index contributed by atoms with van der Waals surface area (Å²) in [6.45, 7) is 2.44. The first kappa shape index (κ1) is 15.9. The third kappa shape index (κ3) is 3.41. The number of benzene rings is 1. The van der Waals surface area contributed by atoms with Gasteiger partial charge < -0.3 is 5.32 Å². The van der Waals surface area contributed by atoms with Crippen molar-refractivity contribution in [1.29, 1.82) is 0 Å². The zero-order chi connectivity index (χ0) is 15.6. The third-order valence-corrected chi connectivity index (χ3v) is 4.10. The maximum absolute atomic E-state index is 13.1. The molecule has 114 valence electrons. The van der Waals surface area contributed by atoms with Crippen LogP contribution in [-0.4, -0.2) is 12.0 Å². The van der Waals surface area contributed by atoms with Gasteiger partial charge in [0.25, 0.3) is 0 Å². The van der Waals surface area contributed by atoms with Gasteiger partial charge in [0.1, 0.15) is 10.8 Å². The number of nitrogens with zero attached hydrogens (tertiary/aromatic N) is 1. The molecule has 0 spiro atoms. The number of aryl methyl sites for hydroxylation is 1. The molecular formula is C14H14F4N2S. The van der Waals surface area contributed by atoms with Crippen LogP contribution in [0.3, 0.4) is 0 Å². The number of hydrogen-bond acceptors (Lipinski definition) is 3. The molecular weight excluding hydrogens is 304 g/mol. The van der Waals surface area contributed by atoms with Crippen molar-refractivity contribution in [1.82, 2.24) is 10.3 Å². The van der Waals surface area contributed by atoms with Crippen molar-refractivity contribution in [2.24, 2.45) is 0 Å². The van der Waals surface area contributed by atoms with E-state index in [-0.39, 0.29) is 10.6 Å². The van der Waals surface area contributed by atoms with E-state index < -0.39 is 17.6 Å². The number of halogens is 4. The maximum atomic E-state index is 13.1. The Morgan fingerprint density at radius 2 is 2.00 bits per heavy atom. The van der Waals surface area contributed by atoms with E-state index >= 15 is 0 Å².